The number of carbonyl (C=O) groups is 1. The average molecular weight is 402 g/mol. The third-order valence-corrected chi connectivity index (χ3v) is 4.13. The van der Waals surface area contributed by atoms with Crippen LogP contribution in [0.4, 0.5) is 0 Å². The normalized spacial score (nSPS) is 10.3. The summed E-state index contributed by atoms with van der Waals surface area (Å²) in [5, 5.41) is 19.9. The molecule has 132 valence electrons. The number of aromatic hydroxyl groups is 2. The fraction of sp³-hybridized carbons (Fsp3) is 0.133. The van der Waals surface area contributed by atoms with Crippen LogP contribution in [0.2, 0.25) is 0 Å². The van der Waals surface area contributed by atoms with Crippen molar-refractivity contribution in [2.45, 2.75) is 4.90 Å². The van der Waals surface area contributed by atoms with Gasteiger partial charge in [-0.3, -0.25) is 9.35 Å². The van der Waals surface area contributed by atoms with Crippen molar-refractivity contribution in [2.75, 3.05) is 14.2 Å². The van der Waals surface area contributed by atoms with Crippen LogP contribution in [0.3, 0.4) is 0 Å². The van der Waals surface area contributed by atoms with Gasteiger partial charge in [-0.2, -0.15) is 8.42 Å². The van der Waals surface area contributed by atoms with Gasteiger partial charge < -0.3 is 19.7 Å². The number of ketones is 1. The molecule has 0 fully saturated rings. The van der Waals surface area contributed by atoms with Crippen LogP contribution in [0.1, 0.15) is 15.9 Å². The van der Waals surface area contributed by atoms with E-state index in [2.05, 4.69) is 0 Å². The average Bonchev–Trinajstić information content (AvgIpc) is 2.52. The van der Waals surface area contributed by atoms with E-state index in [-0.39, 0.29) is 70.4 Å². The van der Waals surface area contributed by atoms with E-state index in [1.165, 1.54) is 25.3 Å². The summed E-state index contributed by atoms with van der Waals surface area (Å²) in [6.07, 6.45) is 0. The number of methoxy groups -OCH3 is 2. The fourth-order valence-corrected chi connectivity index (χ4v) is 2.73. The van der Waals surface area contributed by atoms with Gasteiger partial charge in [-0.25, -0.2) is 0 Å². The Morgan fingerprint density at radius 1 is 0.923 bits per heavy atom. The number of ether oxygens (including phenoxy) is 2. The van der Waals surface area contributed by atoms with Crippen molar-refractivity contribution in [1.82, 2.24) is 0 Å². The van der Waals surface area contributed by atoms with Crippen molar-refractivity contribution >= 4 is 75.0 Å². The van der Waals surface area contributed by atoms with Crippen molar-refractivity contribution in [3.05, 3.63) is 41.5 Å². The zero-order chi connectivity index (χ0) is 18.1. The Balaban J connectivity index is 0.00000312. The zero-order valence-corrected chi connectivity index (χ0v) is 13.5. The molecule has 0 spiro atoms. The Morgan fingerprint density at radius 2 is 1.50 bits per heavy atom. The van der Waals surface area contributed by atoms with Crippen LogP contribution in [0.5, 0.6) is 23.0 Å². The van der Waals surface area contributed by atoms with Crippen LogP contribution in [0.15, 0.2) is 35.2 Å². The molecular formula is C15H16Na2O8S. The van der Waals surface area contributed by atoms with Crippen LogP contribution in [0.25, 0.3) is 0 Å². The molecule has 0 aromatic heterocycles. The van der Waals surface area contributed by atoms with Crippen molar-refractivity contribution in [3.8, 4) is 23.0 Å². The quantitative estimate of drug-likeness (QED) is 0.370. The van der Waals surface area contributed by atoms with E-state index < -0.39 is 37.9 Å². The molecule has 0 aliphatic heterocycles. The number of hydrogen-bond acceptors (Lipinski definition) is 7. The van der Waals surface area contributed by atoms with Crippen molar-refractivity contribution in [1.29, 1.82) is 0 Å². The van der Waals surface area contributed by atoms with Gasteiger partial charge in [0.2, 0.25) is 5.78 Å². The van der Waals surface area contributed by atoms with E-state index in [4.69, 9.17) is 9.47 Å². The Hall–Kier alpha value is -0.780. The molecule has 8 nitrogen and oxygen atoms in total. The molecule has 0 saturated carbocycles. The molecule has 0 aliphatic rings. The topological polar surface area (TPSA) is 130 Å². The number of rotatable bonds is 5. The molecule has 0 amide bonds. The third kappa shape index (κ3) is 5.37. The third-order valence-electron chi connectivity index (χ3n) is 3.25. The van der Waals surface area contributed by atoms with Gasteiger partial charge >= 0.3 is 59.1 Å². The molecule has 26 heavy (non-hydrogen) atoms. The van der Waals surface area contributed by atoms with E-state index in [9.17, 15) is 28.0 Å². The molecule has 3 N–H and O–H groups in total. The summed E-state index contributed by atoms with van der Waals surface area (Å²) in [6.45, 7) is 0. The summed E-state index contributed by atoms with van der Waals surface area (Å²) in [5.74, 6) is -1.85. The summed E-state index contributed by atoms with van der Waals surface area (Å²) >= 11 is 0. The number of phenols is 2. The van der Waals surface area contributed by atoms with Gasteiger partial charge in [-0.15, -0.1) is 0 Å². The number of phenolic OH excluding ortho intramolecular Hbond substituents is 2. The van der Waals surface area contributed by atoms with Crippen LogP contribution in [-0.4, -0.2) is 102 Å². The standard InChI is InChI=1S/C15H14O8S.2Na.2H/c1-22-8-3-4-9(11(16)5-8)15(18)10-6-14(24(19,20)21)13(23-2)7-12(10)17;;;;/h3-7,16-17H,1-2H3,(H,19,20,21);;;;. The van der Waals surface area contributed by atoms with Gasteiger partial charge in [0.15, 0.2) is 0 Å². The molecule has 0 heterocycles. The second-order valence-corrected chi connectivity index (χ2v) is 6.10. The molecule has 0 radical (unpaired) electrons. The molecule has 0 bridgehead atoms. The van der Waals surface area contributed by atoms with E-state index >= 15 is 0 Å². The molecule has 0 atom stereocenters. The van der Waals surface area contributed by atoms with Crippen LogP contribution in [-0.2, 0) is 10.1 Å². The number of benzene rings is 2. The second-order valence-electron chi connectivity index (χ2n) is 4.71. The van der Waals surface area contributed by atoms with Gasteiger partial charge in [-0.05, 0) is 18.2 Å². The van der Waals surface area contributed by atoms with E-state index in [1.807, 2.05) is 0 Å². The Bertz CT molecular complexity index is 912. The molecule has 11 heteroatoms. The first-order valence-electron chi connectivity index (χ1n) is 6.49. The number of carbonyl (C=O) groups excluding carboxylic acids is 1. The van der Waals surface area contributed by atoms with Crippen molar-refractivity contribution in [2.24, 2.45) is 0 Å². The van der Waals surface area contributed by atoms with Gasteiger partial charge in [0.05, 0.1) is 25.3 Å². The molecule has 2 rings (SSSR count). The summed E-state index contributed by atoms with van der Waals surface area (Å²) < 4.78 is 41.7. The second kappa shape index (κ2) is 9.95. The Morgan fingerprint density at radius 3 is 1.96 bits per heavy atom. The number of hydrogen-bond donors (Lipinski definition) is 3. The van der Waals surface area contributed by atoms with Crippen molar-refractivity contribution in [3.63, 3.8) is 0 Å². The van der Waals surface area contributed by atoms with Gasteiger partial charge in [-0.1, -0.05) is 0 Å². The molecule has 0 saturated heterocycles. The first-order chi connectivity index (χ1) is 11.2. The van der Waals surface area contributed by atoms with E-state index in [0.717, 1.165) is 19.2 Å². The Kier molecular flexibility index (Phi) is 9.66. The molecule has 0 aliphatic carbocycles. The summed E-state index contributed by atoms with van der Waals surface area (Å²) in [4.78, 5) is 11.8. The Labute approximate surface area is 194 Å². The molecule has 2 aromatic rings. The predicted octanol–water partition coefficient (Wildman–Crippen LogP) is 0.296. The van der Waals surface area contributed by atoms with Crippen LogP contribution >= 0.6 is 0 Å². The molecule has 2 aromatic carbocycles. The SMILES string of the molecule is COc1ccc(C(=O)c2cc(S(=O)(=O)O)c(OC)cc2O)c(O)c1.[NaH].[NaH]. The summed E-state index contributed by atoms with van der Waals surface area (Å²) in [5.41, 5.74) is -0.610. The van der Waals surface area contributed by atoms with E-state index in [1.54, 1.807) is 0 Å². The zero-order valence-electron chi connectivity index (χ0n) is 12.7. The van der Waals surface area contributed by atoms with Gasteiger partial charge in [0, 0.05) is 12.1 Å². The van der Waals surface area contributed by atoms with Crippen LogP contribution in [0, 0.1) is 0 Å². The van der Waals surface area contributed by atoms with Gasteiger partial charge in [0.1, 0.15) is 27.9 Å². The predicted molar refractivity (Wildman–Crippen MR) is 96.9 cm³/mol. The van der Waals surface area contributed by atoms with Gasteiger partial charge in [0.25, 0.3) is 10.1 Å². The molecule has 0 unspecified atom stereocenters. The molecular weight excluding hydrogens is 386 g/mol. The van der Waals surface area contributed by atoms with Crippen LogP contribution < -0.4 is 9.47 Å². The monoisotopic (exact) mass is 402 g/mol. The first-order valence-corrected chi connectivity index (χ1v) is 7.93. The van der Waals surface area contributed by atoms with E-state index in [0.29, 0.717) is 5.75 Å². The summed E-state index contributed by atoms with van der Waals surface area (Å²) in [6, 6.07) is 5.52. The minimum absolute atomic E-state index is 0. The van der Waals surface area contributed by atoms with Crippen molar-refractivity contribution < 1.29 is 37.5 Å². The first kappa shape index (κ1) is 25.2. The fourth-order valence-electron chi connectivity index (χ4n) is 2.07. The summed E-state index contributed by atoms with van der Waals surface area (Å²) in [7, 11) is -2.17. The minimum atomic E-state index is -4.69. The maximum atomic E-state index is 12.5. The maximum absolute atomic E-state index is 12.5.